The largest absolute Gasteiger partial charge is 0.427 e. The summed E-state index contributed by atoms with van der Waals surface area (Å²) in [5.41, 5.74) is 0. The highest BCUT2D eigenvalue weighted by Gasteiger charge is 2.16. The normalized spacial score (nSPS) is 13.1. The predicted molar refractivity (Wildman–Crippen MR) is 282 cm³/mol. The summed E-state index contributed by atoms with van der Waals surface area (Å²) in [5, 5.41) is 0. The number of para-hydroxylation sites is 1. The quantitative estimate of drug-likeness (QED) is 0.0481. The van der Waals surface area contributed by atoms with E-state index in [0.29, 0.717) is 25.4 Å². The third-order valence-electron chi connectivity index (χ3n) is 13.1. The van der Waals surface area contributed by atoms with Gasteiger partial charge in [0.2, 0.25) is 0 Å². The lowest BCUT2D eigenvalue weighted by Crippen LogP contribution is -2.14. The van der Waals surface area contributed by atoms with Gasteiger partial charge in [0.15, 0.2) is 0 Å². The van der Waals surface area contributed by atoms with Crippen LogP contribution in [0, 0.1) is 0 Å². The molecular weight excluding hydrogens is 808 g/mol. The van der Waals surface area contributed by atoms with Gasteiger partial charge in [0.25, 0.3) is 0 Å². The monoisotopic (exact) mass is 919 g/mol. The van der Waals surface area contributed by atoms with Gasteiger partial charge in [0.05, 0.1) is 25.4 Å². The molecule has 0 radical (unpaired) electrons. The Morgan fingerprint density at radius 1 is 0.312 bits per heavy atom. The van der Waals surface area contributed by atoms with Crippen LogP contribution in [0.5, 0.6) is 5.75 Å². The highest BCUT2D eigenvalue weighted by molar-refractivity contribution is 7.42. The van der Waals surface area contributed by atoms with Crippen LogP contribution in [0.25, 0.3) is 0 Å². The number of hydrogen-bond donors (Lipinski definition) is 0. The number of rotatable bonds is 54. The zero-order chi connectivity index (χ0) is 45.9. The molecule has 0 saturated carbocycles. The molecule has 0 bridgehead atoms. The average molecular weight is 919 g/mol. The van der Waals surface area contributed by atoms with E-state index in [1.807, 2.05) is 30.3 Å². The lowest BCUT2D eigenvalue weighted by molar-refractivity contribution is 0.0356. The van der Waals surface area contributed by atoms with Gasteiger partial charge in [0.1, 0.15) is 5.75 Å². The van der Waals surface area contributed by atoms with E-state index in [1.54, 1.807) is 0 Å². The Kier molecular flexibility index (Phi) is 49.5. The zero-order valence-electron chi connectivity index (χ0n) is 43.6. The molecule has 0 aliphatic rings. The molecule has 0 N–H and O–H groups in total. The van der Waals surface area contributed by atoms with Crippen molar-refractivity contribution in [1.82, 2.24) is 0 Å². The van der Waals surface area contributed by atoms with E-state index in [0.717, 1.165) is 31.8 Å². The molecule has 2 unspecified atom stereocenters. The third kappa shape index (κ3) is 43.8. The van der Waals surface area contributed by atoms with Crippen molar-refractivity contribution in [3.63, 3.8) is 0 Å². The van der Waals surface area contributed by atoms with Gasteiger partial charge in [-0.2, -0.15) is 0 Å². The van der Waals surface area contributed by atoms with Crippen LogP contribution in [-0.4, -0.2) is 38.6 Å². The van der Waals surface area contributed by atoms with Gasteiger partial charge in [-0.3, -0.25) is 0 Å². The SMILES string of the molecule is CCCCCCCCCCCCCOC(CCCCCC)CCCCCCOP(OCCCCCCC(CCCCCC)OCCCCCCCCCCCCC)Oc1ccccc1. The number of benzene rings is 1. The van der Waals surface area contributed by atoms with E-state index in [1.165, 1.54) is 257 Å². The van der Waals surface area contributed by atoms with Crippen molar-refractivity contribution < 1.29 is 23.0 Å². The molecule has 6 heteroatoms. The Hall–Kier alpha value is -0.710. The summed E-state index contributed by atoms with van der Waals surface area (Å²) in [4.78, 5) is 0. The Bertz CT molecular complexity index is 938. The van der Waals surface area contributed by atoms with Crippen LogP contribution in [0.2, 0.25) is 0 Å². The molecule has 0 aliphatic carbocycles. The fourth-order valence-corrected chi connectivity index (χ4v) is 9.87. The van der Waals surface area contributed by atoms with Crippen molar-refractivity contribution in [3.05, 3.63) is 30.3 Å². The topological polar surface area (TPSA) is 46.2 Å². The molecule has 0 aliphatic heterocycles. The Morgan fingerprint density at radius 2 is 0.578 bits per heavy atom. The molecular formula is C58H111O5P. The molecule has 0 spiro atoms. The minimum Gasteiger partial charge on any atom is -0.427 e. The van der Waals surface area contributed by atoms with Crippen molar-refractivity contribution in [2.75, 3.05) is 26.4 Å². The fraction of sp³-hybridized carbons (Fsp3) is 0.897. The molecule has 378 valence electrons. The van der Waals surface area contributed by atoms with Crippen molar-refractivity contribution >= 4 is 8.60 Å². The van der Waals surface area contributed by atoms with Gasteiger partial charge in [-0.1, -0.05) is 264 Å². The second-order valence-electron chi connectivity index (χ2n) is 19.5. The summed E-state index contributed by atoms with van der Waals surface area (Å²) in [6, 6.07) is 10.0. The summed E-state index contributed by atoms with van der Waals surface area (Å²) in [6.07, 6.45) is 56.2. The molecule has 0 fully saturated rings. The highest BCUT2D eigenvalue weighted by atomic mass is 31.2. The van der Waals surface area contributed by atoms with E-state index in [2.05, 4.69) is 27.7 Å². The first-order valence-corrected chi connectivity index (χ1v) is 29.8. The van der Waals surface area contributed by atoms with Crippen molar-refractivity contribution in [2.45, 2.75) is 310 Å². The lowest BCUT2D eigenvalue weighted by Gasteiger charge is -2.19. The standard InChI is InChI=1S/C58H111O5P/c1-5-9-13-17-19-21-23-25-27-31-42-52-59-56(46-36-15-11-7-3)48-38-29-33-44-54-61-64(63-58-50-40-35-41-51-58)62-55-45-34-30-39-49-57(47-37-16-12-8-4)60-53-43-32-28-26-24-22-20-18-14-10-6-2/h35,40-41,50-51,56-57H,5-34,36-39,42-49,52-55H2,1-4H3. The molecule has 0 aromatic heterocycles. The first-order chi connectivity index (χ1) is 31.7. The number of unbranched alkanes of at least 4 members (excludes halogenated alkanes) is 32. The van der Waals surface area contributed by atoms with E-state index in [9.17, 15) is 0 Å². The van der Waals surface area contributed by atoms with Crippen LogP contribution in [0.1, 0.15) is 297 Å². The molecule has 64 heavy (non-hydrogen) atoms. The van der Waals surface area contributed by atoms with Crippen molar-refractivity contribution in [3.8, 4) is 5.75 Å². The Balaban J connectivity index is 2.30. The molecule has 0 heterocycles. The average Bonchev–Trinajstić information content (AvgIpc) is 3.31. The maximum Gasteiger partial charge on any atom is 0.397 e. The molecule has 1 aromatic rings. The van der Waals surface area contributed by atoms with Gasteiger partial charge in [-0.05, 0) is 63.5 Å². The lowest BCUT2D eigenvalue weighted by atomic mass is 10.0. The van der Waals surface area contributed by atoms with Gasteiger partial charge >= 0.3 is 8.60 Å². The maximum absolute atomic E-state index is 6.50. The minimum atomic E-state index is -1.40. The van der Waals surface area contributed by atoms with Crippen LogP contribution >= 0.6 is 8.60 Å². The van der Waals surface area contributed by atoms with Gasteiger partial charge in [-0.25, -0.2) is 0 Å². The third-order valence-corrected chi connectivity index (χ3v) is 14.3. The number of ether oxygens (including phenoxy) is 2. The van der Waals surface area contributed by atoms with E-state index in [-0.39, 0.29) is 0 Å². The summed E-state index contributed by atoms with van der Waals surface area (Å²) < 4.78 is 31.8. The smallest absolute Gasteiger partial charge is 0.397 e. The maximum atomic E-state index is 6.50. The Labute approximate surface area is 402 Å². The van der Waals surface area contributed by atoms with Crippen LogP contribution < -0.4 is 4.52 Å². The summed E-state index contributed by atoms with van der Waals surface area (Å²) in [7, 11) is -1.40. The van der Waals surface area contributed by atoms with E-state index >= 15 is 0 Å². The summed E-state index contributed by atoms with van der Waals surface area (Å²) in [6.45, 7) is 12.5. The second kappa shape index (κ2) is 51.7. The molecule has 1 aromatic carbocycles. The molecule has 5 nitrogen and oxygen atoms in total. The first-order valence-electron chi connectivity index (χ1n) is 28.8. The molecule has 2 atom stereocenters. The Morgan fingerprint density at radius 3 is 0.906 bits per heavy atom. The fourth-order valence-electron chi connectivity index (χ4n) is 8.84. The zero-order valence-corrected chi connectivity index (χ0v) is 44.5. The number of hydrogen-bond acceptors (Lipinski definition) is 5. The summed E-state index contributed by atoms with van der Waals surface area (Å²) >= 11 is 0. The first kappa shape index (κ1) is 61.3. The van der Waals surface area contributed by atoms with Crippen LogP contribution in [0.4, 0.5) is 0 Å². The molecule has 1 rings (SSSR count). The van der Waals surface area contributed by atoms with Crippen LogP contribution in [0.3, 0.4) is 0 Å². The van der Waals surface area contributed by atoms with Crippen LogP contribution in [-0.2, 0) is 18.5 Å². The van der Waals surface area contributed by atoms with Gasteiger partial charge in [0, 0.05) is 13.2 Å². The highest BCUT2D eigenvalue weighted by Crippen LogP contribution is 2.41. The van der Waals surface area contributed by atoms with Gasteiger partial charge in [-0.15, -0.1) is 0 Å². The minimum absolute atomic E-state index is 0.436. The van der Waals surface area contributed by atoms with Crippen LogP contribution in [0.15, 0.2) is 30.3 Å². The molecule has 0 saturated heterocycles. The second-order valence-corrected chi connectivity index (χ2v) is 20.6. The van der Waals surface area contributed by atoms with E-state index in [4.69, 9.17) is 23.0 Å². The van der Waals surface area contributed by atoms with Crippen molar-refractivity contribution in [2.24, 2.45) is 0 Å². The summed E-state index contributed by atoms with van der Waals surface area (Å²) in [5.74, 6) is 0.824. The van der Waals surface area contributed by atoms with Gasteiger partial charge < -0.3 is 23.0 Å². The predicted octanol–water partition coefficient (Wildman–Crippen LogP) is 20.6. The van der Waals surface area contributed by atoms with Crippen molar-refractivity contribution in [1.29, 1.82) is 0 Å². The molecule has 0 amide bonds. The van der Waals surface area contributed by atoms with E-state index < -0.39 is 8.60 Å².